The summed E-state index contributed by atoms with van der Waals surface area (Å²) in [4.78, 5) is 2.48. The van der Waals surface area contributed by atoms with Gasteiger partial charge in [0.2, 0.25) is 0 Å². The Morgan fingerprint density at radius 1 is 0.232 bits per heavy atom. The first-order valence-electron chi connectivity index (χ1n) is 23.5. The summed E-state index contributed by atoms with van der Waals surface area (Å²) in [6.45, 7) is 0. The number of nitrogens with zero attached hydrogens (tertiary/aromatic N) is 1. The van der Waals surface area contributed by atoms with Crippen molar-refractivity contribution < 1.29 is 0 Å². The molecule has 0 N–H and O–H groups in total. The summed E-state index contributed by atoms with van der Waals surface area (Å²) in [6.07, 6.45) is 0. The zero-order chi connectivity index (χ0) is 45.7. The van der Waals surface area contributed by atoms with Crippen molar-refractivity contribution in [3.05, 3.63) is 261 Å². The molecular weight excluding hydrogens is 871 g/mol. The van der Waals surface area contributed by atoms with Gasteiger partial charge >= 0.3 is 0 Å². The average molecular weight is 914 g/mol. The summed E-state index contributed by atoms with van der Waals surface area (Å²) in [5.74, 6) is 0. The van der Waals surface area contributed by atoms with Gasteiger partial charge in [-0.3, -0.25) is 0 Å². The Morgan fingerprint density at radius 3 is 1.35 bits per heavy atom. The van der Waals surface area contributed by atoms with Gasteiger partial charge in [-0.15, -0.1) is 22.7 Å². The van der Waals surface area contributed by atoms with Crippen LogP contribution < -0.4 is 4.90 Å². The predicted octanol–water partition coefficient (Wildman–Crippen LogP) is 19.9. The first-order valence-corrected chi connectivity index (χ1v) is 25.1. The molecular formula is C66H43NS2. The Bertz CT molecular complexity index is 3980. The van der Waals surface area contributed by atoms with E-state index in [0.29, 0.717) is 0 Å². The van der Waals surface area contributed by atoms with Crippen LogP contribution in [-0.4, -0.2) is 0 Å². The first kappa shape index (κ1) is 40.9. The molecule has 69 heavy (non-hydrogen) atoms. The van der Waals surface area contributed by atoms with Crippen molar-refractivity contribution in [2.24, 2.45) is 0 Å². The Balaban J connectivity index is 0.990. The molecule has 0 unspecified atom stereocenters. The van der Waals surface area contributed by atoms with Gasteiger partial charge in [0.15, 0.2) is 0 Å². The molecule has 0 aliphatic carbocycles. The Morgan fingerprint density at radius 2 is 0.696 bits per heavy atom. The molecule has 13 rings (SSSR count). The molecule has 0 aliphatic rings. The van der Waals surface area contributed by atoms with Crippen molar-refractivity contribution in [1.82, 2.24) is 0 Å². The molecule has 13 aromatic rings. The van der Waals surface area contributed by atoms with Crippen LogP contribution in [-0.2, 0) is 0 Å². The van der Waals surface area contributed by atoms with E-state index in [0.717, 1.165) is 17.1 Å². The molecule has 0 radical (unpaired) electrons. The molecule has 0 fully saturated rings. The molecule has 0 atom stereocenters. The molecule has 3 heteroatoms. The van der Waals surface area contributed by atoms with E-state index in [1.54, 1.807) is 0 Å². The van der Waals surface area contributed by atoms with Crippen LogP contribution in [0.2, 0.25) is 0 Å². The molecule has 1 nitrogen and oxygen atoms in total. The van der Waals surface area contributed by atoms with E-state index in [9.17, 15) is 0 Å². The van der Waals surface area contributed by atoms with E-state index in [4.69, 9.17) is 0 Å². The maximum absolute atomic E-state index is 2.48. The number of hydrogen-bond acceptors (Lipinski definition) is 3. The van der Waals surface area contributed by atoms with E-state index in [2.05, 4.69) is 266 Å². The molecule has 0 aliphatic heterocycles. The van der Waals surface area contributed by atoms with Crippen LogP contribution in [0, 0.1) is 0 Å². The molecule has 0 saturated carbocycles. The minimum atomic E-state index is 1.09. The highest BCUT2D eigenvalue weighted by Crippen LogP contribution is 2.50. The van der Waals surface area contributed by atoms with Gasteiger partial charge in [0.1, 0.15) is 0 Å². The lowest BCUT2D eigenvalue weighted by molar-refractivity contribution is 1.30. The summed E-state index contributed by atoms with van der Waals surface area (Å²) < 4.78 is 5.17. The molecule has 0 bridgehead atoms. The Labute approximate surface area is 410 Å². The van der Waals surface area contributed by atoms with E-state index >= 15 is 0 Å². The lowest BCUT2D eigenvalue weighted by Gasteiger charge is -2.27. The van der Waals surface area contributed by atoms with Crippen LogP contribution in [0.5, 0.6) is 0 Å². The van der Waals surface area contributed by atoms with Crippen LogP contribution in [0.15, 0.2) is 261 Å². The highest BCUT2D eigenvalue weighted by molar-refractivity contribution is 7.27. The zero-order valence-electron chi connectivity index (χ0n) is 37.6. The van der Waals surface area contributed by atoms with Gasteiger partial charge < -0.3 is 4.90 Å². The highest BCUT2D eigenvalue weighted by Gasteiger charge is 2.22. The maximum Gasteiger partial charge on any atom is 0.0646 e. The number of hydrogen-bond donors (Lipinski definition) is 0. The molecule has 2 aromatic heterocycles. The van der Waals surface area contributed by atoms with Crippen molar-refractivity contribution in [3.8, 4) is 66.8 Å². The SMILES string of the molecule is c1ccc(-c2cc(N(c3ccc(-c4ccc5c(c4)sc4ccccc45)cc3)c3ccc(-c4ccccc4-c4ccccc4-c4ccccc4)cc3)c3sc4c(-c5ccccc5)cccc4c3c2)cc1. The Kier molecular flexibility index (Phi) is 10.3. The van der Waals surface area contributed by atoms with Crippen LogP contribution in [0.3, 0.4) is 0 Å². The second kappa shape index (κ2) is 17.4. The standard InChI is InChI=1S/C66H43NS2/c1-4-17-44(18-5-1)50-41-61-60-29-16-28-55(47-21-8-3-9-22-47)65(60)69-66(61)62(42-50)67(51-36-31-45(32-37-51)49-35-40-59-58-27-14-15-30-63(58)68-64(59)43-49)52-38-33-48(34-39-52)54-24-11-13-26-57(54)56-25-12-10-23-53(56)46-19-6-2-7-20-46/h1-43H. The Hall–Kier alpha value is -8.34. The molecule has 2 heterocycles. The lowest BCUT2D eigenvalue weighted by Crippen LogP contribution is -2.10. The molecule has 0 amide bonds. The van der Waals surface area contributed by atoms with Crippen molar-refractivity contribution in [2.75, 3.05) is 4.90 Å². The summed E-state index contributed by atoms with van der Waals surface area (Å²) in [5.41, 5.74) is 17.8. The topological polar surface area (TPSA) is 3.24 Å². The first-order chi connectivity index (χ1) is 34.2. The largest absolute Gasteiger partial charge is 0.309 e. The number of anilines is 3. The normalized spacial score (nSPS) is 11.5. The number of rotatable bonds is 9. The second-order valence-corrected chi connectivity index (χ2v) is 19.7. The van der Waals surface area contributed by atoms with Gasteiger partial charge in [0.05, 0.1) is 10.4 Å². The third kappa shape index (κ3) is 7.41. The zero-order valence-corrected chi connectivity index (χ0v) is 39.2. The highest BCUT2D eigenvalue weighted by atomic mass is 32.1. The van der Waals surface area contributed by atoms with Gasteiger partial charge in [-0.25, -0.2) is 0 Å². The van der Waals surface area contributed by atoms with E-state index in [-0.39, 0.29) is 0 Å². The molecule has 0 spiro atoms. The van der Waals surface area contributed by atoms with Crippen molar-refractivity contribution in [3.63, 3.8) is 0 Å². The maximum atomic E-state index is 2.48. The van der Waals surface area contributed by atoms with Gasteiger partial charge in [0, 0.05) is 47.0 Å². The third-order valence-corrected chi connectivity index (χ3v) is 15.9. The summed E-state index contributed by atoms with van der Waals surface area (Å²) in [7, 11) is 0. The van der Waals surface area contributed by atoms with Crippen LogP contribution in [0.4, 0.5) is 17.1 Å². The fraction of sp³-hybridized carbons (Fsp3) is 0. The van der Waals surface area contributed by atoms with E-state index in [1.165, 1.54) is 107 Å². The summed E-state index contributed by atoms with van der Waals surface area (Å²) in [5, 5.41) is 5.16. The second-order valence-electron chi connectivity index (χ2n) is 17.6. The average Bonchev–Trinajstić information content (AvgIpc) is 4.00. The van der Waals surface area contributed by atoms with Crippen molar-refractivity contribution in [1.29, 1.82) is 0 Å². The number of fused-ring (bicyclic) bond motifs is 6. The number of thiophene rings is 2. The third-order valence-electron chi connectivity index (χ3n) is 13.5. The van der Waals surface area contributed by atoms with Crippen molar-refractivity contribution in [2.45, 2.75) is 0 Å². The van der Waals surface area contributed by atoms with Crippen LogP contribution >= 0.6 is 22.7 Å². The fourth-order valence-electron chi connectivity index (χ4n) is 10.2. The lowest BCUT2D eigenvalue weighted by atomic mass is 9.89. The van der Waals surface area contributed by atoms with Gasteiger partial charge in [-0.05, 0) is 115 Å². The van der Waals surface area contributed by atoms with Crippen LogP contribution in [0.1, 0.15) is 0 Å². The summed E-state index contributed by atoms with van der Waals surface area (Å²) >= 11 is 3.76. The smallest absolute Gasteiger partial charge is 0.0646 e. The van der Waals surface area contributed by atoms with Gasteiger partial charge in [-0.1, -0.05) is 212 Å². The minimum Gasteiger partial charge on any atom is -0.309 e. The van der Waals surface area contributed by atoms with E-state index in [1.807, 2.05) is 22.7 Å². The molecule has 11 aromatic carbocycles. The van der Waals surface area contributed by atoms with Gasteiger partial charge in [0.25, 0.3) is 0 Å². The molecule has 324 valence electrons. The van der Waals surface area contributed by atoms with E-state index < -0.39 is 0 Å². The molecule has 0 saturated heterocycles. The minimum absolute atomic E-state index is 1.09. The number of benzene rings is 11. The monoisotopic (exact) mass is 913 g/mol. The fourth-order valence-corrected chi connectivity index (χ4v) is 12.6. The predicted molar refractivity (Wildman–Crippen MR) is 300 cm³/mol. The van der Waals surface area contributed by atoms with Crippen LogP contribution in [0.25, 0.3) is 107 Å². The quantitative estimate of drug-likeness (QED) is 0.139. The summed E-state index contributed by atoms with van der Waals surface area (Å²) in [6, 6.07) is 95.6. The van der Waals surface area contributed by atoms with Gasteiger partial charge in [-0.2, -0.15) is 0 Å². The van der Waals surface area contributed by atoms with Crippen molar-refractivity contribution >= 4 is 80.1 Å².